The van der Waals surface area contributed by atoms with E-state index in [9.17, 15) is 4.79 Å². The normalized spacial score (nSPS) is 21.6. The van der Waals surface area contributed by atoms with Crippen LogP contribution in [0.4, 0.5) is 4.79 Å². The van der Waals surface area contributed by atoms with Crippen molar-refractivity contribution in [2.45, 2.75) is 19.0 Å². The Balaban J connectivity index is 2.90. The second kappa shape index (κ2) is 4.35. The van der Waals surface area contributed by atoms with Crippen molar-refractivity contribution in [1.29, 1.82) is 0 Å². The summed E-state index contributed by atoms with van der Waals surface area (Å²) in [6, 6.07) is -1.45. The summed E-state index contributed by atoms with van der Waals surface area (Å²) in [5.41, 5.74) is 13.7. The molecule has 0 radical (unpaired) electrons. The number of carbonyl (C=O) groups excluding carboxylic acids is 1. The SMILES string of the molecule is C#CC(C)N1C(=O)N=C(N)C1CN=[N+]=[N-]. The number of carbonyl (C=O) groups is 1. The molecular formula is C8H10N6O. The molecule has 0 saturated heterocycles. The maximum absolute atomic E-state index is 11.4. The fourth-order valence-electron chi connectivity index (χ4n) is 1.33. The van der Waals surface area contributed by atoms with E-state index in [0.29, 0.717) is 0 Å². The van der Waals surface area contributed by atoms with E-state index in [-0.39, 0.29) is 12.4 Å². The summed E-state index contributed by atoms with van der Waals surface area (Å²) in [7, 11) is 0. The summed E-state index contributed by atoms with van der Waals surface area (Å²) in [5.74, 6) is 2.54. The van der Waals surface area contributed by atoms with E-state index in [1.54, 1.807) is 6.92 Å². The maximum atomic E-state index is 11.4. The molecule has 2 amide bonds. The quantitative estimate of drug-likeness (QED) is 0.313. The van der Waals surface area contributed by atoms with Crippen LogP contribution in [0.15, 0.2) is 10.1 Å². The zero-order valence-electron chi connectivity index (χ0n) is 8.16. The van der Waals surface area contributed by atoms with Gasteiger partial charge in [0.25, 0.3) is 0 Å². The van der Waals surface area contributed by atoms with Crippen LogP contribution < -0.4 is 5.73 Å². The fourth-order valence-corrected chi connectivity index (χ4v) is 1.33. The second-order valence-corrected chi connectivity index (χ2v) is 3.00. The van der Waals surface area contributed by atoms with E-state index in [2.05, 4.69) is 20.9 Å². The van der Waals surface area contributed by atoms with Crippen LogP contribution in [0.25, 0.3) is 10.4 Å². The number of azide groups is 1. The Kier molecular flexibility index (Phi) is 3.16. The number of hydrogen-bond donors (Lipinski definition) is 1. The molecule has 0 spiro atoms. The molecule has 1 rings (SSSR count). The number of nitrogens with zero attached hydrogens (tertiary/aromatic N) is 5. The van der Waals surface area contributed by atoms with Crippen molar-refractivity contribution in [1.82, 2.24) is 4.90 Å². The van der Waals surface area contributed by atoms with E-state index >= 15 is 0 Å². The first-order valence-corrected chi connectivity index (χ1v) is 4.25. The lowest BCUT2D eigenvalue weighted by molar-refractivity contribution is 0.199. The number of aliphatic imine (C=N–C) groups is 1. The van der Waals surface area contributed by atoms with E-state index in [4.69, 9.17) is 17.7 Å². The first kappa shape index (κ1) is 10.9. The summed E-state index contributed by atoms with van der Waals surface area (Å²) in [4.78, 5) is 18.9. The van der Waals surface area contributed by atoms with Gasteiger partial charge in [-0.15, -0.1) is 6.42 Å². The van der Waals surface area contributed by atoms with Gasteiger partial charge in [0.05, 0.1) is 18.6 Å². The van der Waals surface area contributed by atoms with Crippen LogP contribution in [-0.2, 0) is 0 Å². The average Bonchev–Trinajstić information content (AvgIpc) is 2.49. The highest BCUT2D eigenvalue weighted by molar-refractivity contribution is 6.03. The summed E-state index contributed by atoms with van der Waals surface area (Å²) in [6.07, 6.45) is 5.21. The molecule has 2 atom stereocenters. The molecule has 0 fully saturated rings. The molecule has 7 nitrogen and oxygen atoms in total. The molecule has 15 heavy (non-hydrogen) atoms. The number of rotatable bonds is 3. The van der Waals surface area contributed by atoms with E-state index in [1.165, 1.54) is 4.90 Å². The van der Waals surface area contributed by atoms with Crippen molar-refractivity contribution < 1.29 is 4.79 Å². The summed E-state index contributed by atoms with van der Waals surface area (Å²) in [6.45, 7) is 1.72. The largest absolute Gasteiger partial charge is 0.385 e. The molecule has 2 unspecified atom stereocenters. The Bertz CT molecular complexity index is 388. The lowest BCUT2D eigenvalue weighted by atomic mass is 10.2. The third kappa shape index (κ3) is 2.00. The molecule has 2 N–H and O–H groups in total. The third-order valence-corrected chi connectivity index (χ3v) is 2.10. The highest BCUT2D eigenvalue weighted by Crippen LogP contribution is 2.15. The van der Waals surface area contributed by atoms with Gasteiger partial charge in [0.2, 0.25) is 0 Å². The average molecular weight is 206 g/mol. The minimum Gasteiger partial charge on any atom is -0.385 e. The topological polar surface area (TPSA) is 107 Å². The number of terminal acetylenes is 1. The van der Waals surface area contributed by atoms with Crippen molar-refractivity contribution in [3.05, 3.63) is 10.4 Å². The van der Waals surface area contributed by atoms with Gasteiger partial charge in [0, 0.05) is 4.91 Å². The van der Waals surface area contributed by atoms with Gasteiger partial charge >= 0.3 is 6.03 Å². The molecule has 78 valence electrons. The Morgan fingerprint density at radius 1 is 1.93 bits per heavy atom. The van der Waals surface area contributed by atoms with E-state index < -0.39 is 18.1 Å². The van der Waals surface area contributed by atoms with Crippen LogP contribution in [0, 0.1) is 12.3 Å². The zero-order valence-corrected chi connectivity index (χ0v) is 8.16. The maximum Gasteiger partial charge on any atom is 0.346 e. The molecule has 0 saturated carbocycles. The predicted molar refractivity (Wildman–Crippen MR) is 55.0 cm³/mol. The summed E-state index contributed by atoms with van der Waals surface area (Å²) < 4.78 is 0. The highest BCUT2D eigenvalue weighted by atomic mass is 16.2. The van der Waals surface area contributed by atoms with Gasteiger partial charge < -0.3 is 5.73 Å². The van der Waals surface area contributed by atoms with Gasteiger partial charge in [-0.05, 0) is 12.5 Å². The van der Waals surface area contributed by atoms with Crippen LogP contribution in [0.3, 0.4) is 0 Å². The summed E-state index contributed by atoms with van der Waals surface area (Å²) in [5, 5.41) is 3.36. The first-order valence-electron chi connectivity index (χ1n) is 4.25. The van der Waals surface area contributed by atoms with Crippen LogP contribution in [0.5, 0.6) is 0 Å². The van der Waals surface area contributed by atoms with E-state index in [1.807, 2.05) is 0 Å². The Morgan fingerprint density at radius 3 is 3.13 bits per heavy atom. The molecule has 1 heterocycles. The number of amides is 2. The lowest BCUT2D eigenvalue weighted by Gasteiger charge is -2.25. The van der Waals surface area contributed by atoms with Crippen molar-refractivity contribution >= 4 is 11.9 Å². The number of urea groups is 1. The number of nitrogens with two attached hydrogens (primary N) is 1. The lowest BCUT2D eigenvalue weighted by Crippen LogP contribution is -2.46. The van der Waals surface area contributed by atoms with Crippen LogP contribution >= 0.6 is 0 Å². The molecule has 7 heteroatoms. The number of hydrogen-bond acceptors (Lipinski definition) is 3. The second-order valence-electron chi connectivity index (χ2n) is 3.00. The van der Waals surface area contributed by atoms with Crippen LogP contribution in [0.2, 0.25) is 0 Å². The summed E-state index contributed by atoms with van der Waals surface area (Å²) >= 11 is 0. The van der Waals surface area contributed by atoms with Crippen molar-refractivity contribution in [3.63, 3.8) is 0 Å². The number of amidine groups is 1. The zero-order chi connectivity index (χ0) is 11.4. The highest BCUT2D eigenvalue weighted by Gasteiger charge is 2.35. The van der Waals surface area contributed by atoms with Gasteiger partial charge in [-0.3, -0.25) is 4.90 Å². The minimum atomic E-state index is -0.528. The molecule has 0 aromatic carbocycles. The van der Waals surface area contributed by atoms with E-state index in [0.717, 1.165) is 0 Å². The molecule has 1 aliphatic rings. The van der Waals surface area contributed by atoms with Gasteiger partial charge in [-0.2, -0.15) is 4.99 Å². The van der Waals surface area contributed by atoms with Crippen molar-refractivity contribution in [2.24, 2.45) is 15.8 Å². The monoisotopic (exact) mass is 206 g/mol. The minimum absolute atomic E-state index is 0.0452. The smallest absolute Gasteiger partial charge is 0.346 e. The molecule has 1 aliphatic heterocycles. The first-order chi connectivity index (χ1) is 7.11. The Morgan fingerprint density at radius 2 is 2.60 bits per heavy atom. The fraction of sp³-hybridized carbons (Fsp3) is 0.500. The molecule has 0 aromatic heterocycles. The van der Waals surface area contributed by atoms with Crippen LogP contribution in [0.1, 0.15) is 6.92 Å². The Labute approximate surface area is 86.6 Å². The molecule has 0 aliphatic carbocycles. The third-order valence-electron chi connectivity index (χ3n) is 2.10. The van der Waals surface area contributed by atoms with Crippen molar-refractivity contribution in [2.75, 3.05) is 6.54 Å². The van der Waals surface area contributed by atoms with Gasteiger partial charge in [0.1, 0.15) is 5.84 Å². The Hall–Kier alpha value is -2.19. The van der Waals surface area contributed by atoms with Crippen LogP contribution in [-0.4, -0.2) is 35.4 Å². The molecular weight excluding hydrogens is 196 g/mol. The molecule has 0 bridgehead atoms. The van der Waals surface area contributed by atoms with Gasteiger partial charge in [-0.25, -0.2) is 4.79 Å². The van der Waals surface area contributed by atoms with Crippen molar-refractivity contribution in [3.8, 4) is 12.3 Å². The standard InChI is InChI=1S/C8H10N6O/c1-3-5(2)14-6(4-11-13-10)7(9)12-8(14)15/h1,5-6H,4H2,2H3,(H2,9,12,15). The van der Waals surface area contributed by atoms with Gasteiger partial charge in [0.15, 0.2) is 0 Å². The van der Waals surface area contributed by atoms with Gasteiger partial charge in [-0.1, -0.05) is 11.0 Å². The predicted octanol–water partition coefficient (Wildman–Crippen LogP) is 0.480. The molecule has 0 aromatic rings.